The first-order chi connectivity index (χ1) is 9.13. The Morgan fingerprint density at radius 2 is 2.26 bits per heavy atom. The average Bonchev–Trinajstić information content (AvgIpc) is 2.88. The van der Waals surface area contributed by atoms with Crippen molar-refractivity contribution in [3.05, 3.63) is 34.9 Å². The molecule has 102 valence electrons. The van der Waals surface area contributed by atoms with E-state index in [4.69, 9.17) is 11.6 Å². The smallest absolute Gasteiger partial charge is 0.173 e. The molecule has 0 saturated heterocycles. The fourth-order valence-corrected chi connectivity index (χ4v) is 1.90. The Bertz CT molecular complexity index is 557. The lowest BCUT2D eigenvalue weighted by Gasteiger charge is -2.13. The van der Waals surface area contributed by atoms with Crippen LogP contribution in [-0.4, -0.2) is 26.8 Å². The zero-order valence-electron chi connectivity index (χ0n) is 10.8. The Balaban J connectivity index is 2.35. The van der Waals surface area contributed by atoms with Crippen molar-refractivity contribution >= 4 is 11.6 Å². The van der Waals surface area contributed by atoms with Crippen LogP contribution in [0.5, 0.6) is 0 Å². The lowest BCUT2D eigenvalue weighted by Crippen LogP contribution is -2.23. The zero-order chi connectivity index (χ0) is 13.8. The summed E-state index contributed by atoms with van der Waals surface area (Å²) in [5.41, 5.74) is 0.248. The summed E-state index contributed by atoms with van der Waals surface area (Å²) in [5.74, 6) is 0.134. The number of benzene rings is 1. The fourth-order valence-electron chi connectivity index (χ4n) is 1.74. The summed E-state index contributed by atoms with van der Waals surface area (Å²) >= 11 is 5.89. The summed E-state index contributed by atoms with van der Waals surface area (Å²) < 4.78 is 15.2. The largest absolute Gasteiger partial charge is 0.307 e. The van der Waals surface area contributed by atoms with Gasteiger partial charge in [-0.2, -0.15) is 4.68 Å². The fraction of sp³-hybridized carbons (Fsp3) is 0.417. The Morgan fingerprint density at radius 3 is 3.00 bits per heavy atom. The minimum absolute atomic E-state index is 0.0756. The molecule has 0 bridgehead atoms. The van der Waals surface area contributed by atoms with Crippen LogP contribution in [0, 0.1) is 5.82 Å². The molecule has 0 aliphatic rings. The number of hydrogen-bond donors (Lipinski definition) is 1. The molecule has 1 heterocycles. The standard InChI is InChI=1S/C12H15ClFN5/c1-3-6-15-8(2)12-16-17-18-19(12)11-7-9(13)4-5-10(11)14/h4-5,7-8,15H,3,6H2,1-2H3. The van der Waals surface area contributed by atoms with Gasteiger partial charge < -0.3 is 5.32 Å². The van der Waals surface area contributed by atoms with Crippen molar-refractivity contribution in [1.82, 2.24) is 25.5 Å². The Hall–Kier alpha value is -1.53. The Kier molecular flexibility index (Phi) is 4.44. The lowest BCUT2D eigenvalue weighted by atomic mass is 10.2. The number of rotatable bonds is 5. The first kappa shape index (κ1) is 13.9. The van der Waals surface area contributed by atoms with Gasteiger partial charge in [0.25, 0.3) is 0 Å². The molecule has 1 aromatic heterocycles. The molecule has 0 aliphatic carbocycles. The topological polar surface area (TPSA) is 55.6 Å². The third-order valence-electron chi connectivity index (χ3n) is 2.72. The molecule has 1 atom stereocenters. The van der Waals surface area contributed by atoms with E-state index in [0.717, 1.165) is 13.0 Å². The van der Waals surface area contributed by atoms with Crippen LogP contribution in [0.3, 0.4) is 0 Å². The molecule has 2 rings (SSSR count). The molecule has 0 spiro atoms. The average molecular weight is 284 g/mol. The van der Waals surface area contributed by atoms with Crippen molar-refractivity contribution < 1.29 is 4.39 Å². The Morgan fingerprint density at radius 1 is 1.47 bits per heavy atom. The zero-order valence-corrected chi connectivity index (χ0v) is 11.5. The molecule has 0 amide bonds. The monoisotopic (exact) mass is 283 g/mol. The van der Waals surface area contributed by atoms with Crippen molar-refractivity contribution in [2.24, 2.45) is 0 Å². The molecule has 5 nitrogen and oxygen atoms in total. The van der Waals surface area contributed by atoms with Crippen LogP contribution in [-0.2, 0) is 0 Å². The second-order valence-electron chi connectivity index (χ2n) is 4.22. The van der Waals surface area contributed by atoms with Crippen molar-refractivity contribution in [3.63, 3.8) is 0 Å². The van der Waals surface area contributed by atoms with E-state index in [2.05, 4.69) is 27.8 Å². The van der Waals surface area contributed by atoms with Gasteiger partial charge in [0, 0.05) is 5.02 Å². The molecule has 0 aliphatic heterocycles. The summed E-state index contributed by atoms with van der Waals surface area (Å²) in [7, 11) is 0. The maximum Gasteiger partial charge on any atom is 0.173 e. The van der Waals surface area contributed by atoms with Crippen molar-refractivity contribution in [2.45, 2.75) is 26.3 Å². The van der Waals surface area contributed by atoms with Crippen molar-refractivity contribution in [3.8, 4) is 5.69 Å². The van der Waals surface area contributed by atoms with Crippen molar-refractivity contribution in [1.29, 1.82) is 0 Å². The third kappa shape index (κ3) is 3.08. The van der Waals surface area contributed by atoms with E-state index in [1.54, 1.807) is 0 Å². The van der Waals surface area contributed by atoms with Crippen LogP contribution in [0.1, 0.15) is 32.1 Å². The summed E-state index contributed by atoms with van der Waals surface area (Å²) in [4.78, 5) is 0. The molecule has 19 heavy (non-hydrogen) atoms. The number of nitrogens with one attached hydrogen (secondary N) is 1. The SMILES string of the molecule is CCCNC(C)c1nnnn1-c1cc(Cl)ccc1F. The first-order valence-electron chi connectivity index (χ1n) is 6.10. The van der Waals surface area contributed by atoms with Gasteiger partial charge in [-0.25, -0.2) is 4.39 Å². The molecule has 1 N–H and O–H groups in total. The summed E-state index contributed by atoms with van der Waals surface area (Å²) in [6.45, 7) is 4.84. The lowest BCUT2D eigenvalue weighted by molar-refractivity contribution is 0.524. The highest BCUT2D eigenvalue weighted by atomic mass is 35.5. The molecule has 1 unspecified atom stereocenters. The van der Waals surface area contributed by atoms with E-state index in [1.165, 1.54) is 22.9 Å². The van der Waals surface area contributed by atoms with Gasteiger partial charge in [-0.05, 0) is 48.5 Å². The van der Waals surface area contributed by atoms with E-state index in [0.29, 0.717) is 10.8 Å². The predicted octanol–water partition coefficient (Wildman–Crippen LogP) is 2.52. The van der Waals surface area contributed by atoms with E-state index in [9.17, 15) is 4.39 Å². The van der Waals surface area contributed by atoms with Gasteiger partial charge in [0.1, 0.15) is 11.5 Å². The predicted molar refractivity (Wildman–Crippen MR) is 70.8 cm³/mol. The molecular formula is C12H15ClFN5. The Labute approximate surface area is 115 Å². The maximum atomic E-state index is 13.8. The van der Waals surface area contributed by atoms with Gasteiger partial charge in [0.05, 0.1) is 6.04 Å². The molecule has 0 fully saturated rings. The molecule has 0 radical (unpaired) electrons. The number of tetrazole rings is 1. The first-order valence-corrected chi connectivity index (χ1v) is 6.48. The van der Waals surface area contributed by atoms with Gasteiger partial charge in [0.15, 0.2) is 5.82 Å². The molecule has 0 saturated carbocycles. The molecule has 1 aromatic carbocycles. The van der Waals surface area contributed by atoms with E-state index < -0.39 is 5.82 Å². The molecular weight excluding hydrogens is 269 g/mol. The van der Waals surface area contributed by atoms with Gasteiger partial charge in [-0.15, -0.1) is 5.10 Å². The highest BCUT2D eigenvalue weighted by molar-refractivity contribution is 6.30. The molecule has 7 heteroatoms. The second-order valence-corrected chi connectivity index (χ2v) is 4.66. The minimum atomic E-state index is -0.416. The second kappa shape index (κ2) is 6.08. The minimum Gasteiger partial charge on any atom is -0.307 e. The summed E-state index contributed by atoms with van der Waals surface area (Å²) in [6, 6.07) is 4.22. The number of halogens is 2. The van der Waals surface area contributed by atoms with Crippen LogP contribution in [0.4, 0.5) is 4.39 Å². The van der Waals surface area contributed by atoms with E-state index >= 15 is 0 Å². The normalized spacial score (nSPS) is 12.6. The van der Waals surface area contributed by atoms with Crippen LogP contribution in [0.25, 0.3) is 5.69 Å². The van der Waals surface area contributed by atoms with Crippen molar-refractivity contribution in [2.75, 3.05) is 6.54 Å². The highest BCUT2D eigenvalue weighted by Crippen LogP contribution is 2.20. The summed E-state index contributed by atoms with van der Waals surface area (Å²) in [5, 5.41) is 15.1. The number of aromatic nitrogens is 4. The summed E-state index contributed by atoms with van der Waals surface area (Å²) in [6.07, 6.45) is 0.997. The van der Waals surface area contributed by atoms with Crippen LogP contribution in [0.2, 0.25) is 5.02 Å². The third-order valence-corrected chi connectivity index (χ3v) is 2.95. The highest BCUT2D eigenvalue weighted by Gasteiger charge is 2.17. The maximum absolute atomic E-state index is 13.8. The van der Waals surface area contributed by atoms with Crippen LogP contribution >= 0.6 is 11.6 Å². The van der Waals surface area contributed by atoms with Gasteiger partial charge in [0.2, 0.25) is 0 Å². The van der Waals surface area contributed by atoms with Gasteiger partial charge in [-0.1, -0.05) is 18.5 Å². The van der Waals surface area contributed by atoms with Crippen LogP contribution < -0.4 is 5.32 Å². The van der Waals surface area contributed by atoms with E-state index in [-0.39, 0.29) is 11.7 Å². The molecule has 2 aromatic rings. The number of nitrogens with zero attached hydrogens (tertiary/aromatic N) is 4. The number of hydrogen-bond acceptors (Lipinski definition) is 4. The van der Waals surface area contributed by atoms with Gasteiger partial charge >= 0.3 is 0 Å². The van der Waals surface area contributed by atoms with Crippen LogP contribution in [0.15, 0.2) is 18.2 Å². The quantitative estimate of drug-likeness (QED) is 0.916. The van der Waals surface area contributed by atoms with Gasteiger partial charge in [-0.3, -0.25) is 0 Å². The van der Waals surface area contributed by atoms with E-state index in [1.807, 2.05) is 6.92 Å².